The third-order valence-corrected chi connectivity index (χ3v) is 3.94. The number of aliphatic hydroxyl groups excluding tert-OH is 1. The zero-order valence-electron chi connectivity index (χ0n) is 11.7. The molecular weight excluding hydrogens is 252 g/mol. The van der Waals surface area contributed by atoms with Gasteiger partial charge in [-0.2, -0.15) is 5.10 Å². The molecule has 106 valence electrons. The van der Waals surface area contributed by atoms with E-state index in [2.05, 4.69) is 21.0 Å². The molecule has 0 unspecified atom stereocenters. The maximum atomic E-state index is 10.2. The number of hydrogen-bond donors (Lipinski definition) is 1. The van der Waals surface area contributed by atoms with E-state index in [1.807, 2.05) is 36.4 Å². The number of rotatable bonds is 4. The Morgan fingerprint density at radius 3 is 2.95 bits per heavy atom. The summed E-state index contributed by atoms with van der Waals surface area (Å²) in [5, 5.41) is 14.4. The van der Waals surface area contributed by atoms with E-state index in [1.165, 1.54) is 11.1 Å². The standard InChI is InChI=1S/C15H20N4O/c1-18-10-13(9-17-18)7-14-15(20)4-6-19(14)11-12-3-2-5-16-8-12/h2-3,5,8-10,14-15,20H,4,6-7,11H2,1H3/t14-,15+/m0/s1. The van der Waals surface area contributed by atoms with Crippen molar-refractivity contribution in [2.75, 3.05) is 6.54 Å². The minimum absolute atomic E-state index is 0.166. The molecule has 5 heteroatoms. The molecule has 1 saturated heterocycles. The molecule has 0 amide bonds. The van der Waals surface area contributed by atoms with Gasteiger partial charge >= 0.3 is 0 Å². The van der Waals surface area contributed by atoms with E-state index in [-0.39, 0.29) is 12.1 Å². The van der Waals surface area contributed by atoms with Crippen LogP contribution in [0.5, 0.6) is 0 Å². The zero-order valence-corrected chi connectivity index (χ0v) is 11.7. The highest BCUT2D eigenvalue weighted by atomic mass is 16.3. The molecule has 0 aromatic carbocycles. The van der Waals surface area contributed by atoms with Gasteiger partial charge in [0.15, 0.2) is 0 Å². The fraction of sp³-hybridized carbons (Fsp3) is 0.467. The van der Waals surface area contributed by atoms with Crippen molar-refractivity contribution >= 4 is 0 Å². The Morgan fingerprint density at radius 1 is 1.35 bits per heavy atom. The highest BCUT2D eigenvalue weighted by Crippen LogP contribution is 2.23. The predicted molar refractivity (Wildman–Crippen MR) is 76.0 cm³/mol. The highest BCUT2D eigenvalue weighted by molar-refractivity contribution is 5.12. The van der Waals surface area contributed by atoms with Gasteiger partial charge in [-0.3, -0.25) is 14.6 Å². The summed E-state index contributed by atoms with van der Waals surface area (Å²) in [6.07, 6.45) is 9.01. The van der Waals surface area contributed by atoms with Gasteiger partial charge in [-0.15, -0.1) is 0 Å². The van der Waals surface area contributed by atoms with E-state index in [0.29, 0.717) is 0 Å². The lowest BCUT2D eigenvalue weighted by Gasteiger charge is -2.25. The summed E-state index contributed by atoms with van der Waals surface area (Å²) in [6.45, 7) is 1.77. The Bertz CT molecular complexity index is 554. The van der Waals surface area contributed by atoms with Crippen molar-refractivity contribution in [3.63, 3.8) is 0 Å². The van der Waals surface area contributed by atoms with Gasteiger partial charge in [0.05, 0.1) is 12.3 Å². The number of aliphatic hydroxyl groups is 1. The highest BCUT2D eigenvalue weighted by Gasteiger charge is 2.32. The average molecular weight is 272 g/mol. The predicted octanol–water partition coefficient (Wildman–Crippen LogP) is 0.993. The summed E-state index contributed by atoms with van der Waals surface area (Å²) in [7, 11) is 1.92. The average Bonchev–Trinajstić information content (AvgIpc) is 3.01. The van der Waals surface area contributed by atoms with Crippen LogP contribution in [0.25, 0.3) is 0 Å². The molecule has 3 heterocycles. The van der Waals surface area contributed by atoms with Gasteiger partial charge in [-0.25, -0.2) is 0 Å². The summed E-state index contributed by atoms with van der Waals surface area (Å²) in [6, 6.07) is 4.20. The Kier molecular flexibility index (Phi) is 3.80. The smallest absolute Gasteiger partial charge is 0.0711 e. The molecular formula is C15H20N4O. The largest absolute Gasteiger partial charge is 0.391 e. The number of aryl methyl sites for hydroxylation is 1. The Hall–Kier alpha value is -1.72. The molecule has 0 aliphatic carbocycles. The lowest BCUT2D eigenvalue weighted by molar-refractivity contribution is 0.112. The molecule has 2 atom stereocenters. The second-order valence-electron chi connectivity index (χ2n) is 5.48. The second-order valence-corrected chi connectivity index (χ2v) is 5.48. The Morgan fingerprint density at radius 2 is 2.25 bits per heavy atom. The first-order valence-electron chi connectivity index (χ1n) is 7.01. The molecule has 1 N–H and O–H groups in total. The minimum Gasteiger partial charge on any atom is -0.391 e. The van der Waals surface area contributed by atoms with Crippen LogP contribution in [-0.4, -0.2) is 43.5 Å². The SMILES string of the molecule is Cn1cc(C[C@H]2[C@H](O)CCN2Cc2cccnc2)cn1. The van der Waals surface area contributed by atoms with E-state index in [4.69, 9.17) is 0 Å². The van der Waals surface area contributed by atoms with Crippen molar-refractivity contribution < 1.29 is 5.11 Å². The maximum Gasteiger partial charge on any atom is 0.0711 e. The van der Waals surface area contributed by atoms with E-state index < -0.39 is 0 Å². The van der Waals surface area contributed by atoms with Crippen LogP contribution < -0.4 is 0 Å². The van der Waals surface area contributed by atoms with E-state index in [1.54, 1.807) is 6.20 Å². The van der Waals surface area contributed by atoms with Gasteiger partial charge in [0.25, 0.3) is 0 Å². The van der Waals surface area contributed by atoms with Crippen LogP contribution >= 0.6 is 0 Å². The van der Waals surface area contributed by atoms with Gasteiger partial charge in [-0.05, 0) is 30.0 Å². The number of aromatic nitrogens is 3. The van der Waals surface area contributed by atoms with Crippen LogP contribution in [-0.2, 0) is 20.0 Å². The molecule has 2 aromatic rings. The fourth-order valence-corrected chi connectivity index (χ4v) is 2.91. The first-order chi connectivity index (χ1) is 9.72. The number of hydrogen-bond acceptors (Lipinski definition) is 4. The third-order valence-electron chi connectivity index (χ3n) is 3.94. The number of nitrogens with zero attached hydrogens (tertiary/aromatic N) is 4. The number of pyridine rings is 1. The van der Waals surface area contributed by atoms with Crippen molar-refractivity contribution in [2.45, 2.75) is 31.5 Å². The zero-order chi connectivity index (χ0) is 13.9. The quantitative estimate of drug-likeness (QED) is 0.902. The van der Waals surface area contributed by atoms with Gasteiger partial charge < -0.3 is 5.11 Å². The van der Waals surface area contributed by atoms with Crippen molar-refractivity contribution in [1.29, 1.82) is 0 Å². The first kappa shape index (κ1) is 13.3. The van der Waals surface area contributed by atoms with Crippen LogP contribution in [0.3, 0.4) is 0 Å². The van der Waals surface area contributed by atoms with Crippen molar-refractivity contribution in [2.24, 2.45) is 7.05 Å². The monoisotopic (exact) mass is 272 g/mol. The lowest BCUT2D eigenvalue weighted by Crippen LogP contribution is -2.36. The molecule has 0 bridgehead atoms. The van der Waals surface area contributed by atoms with Gasteiger partial charge in [0.1, 0.15) is 0 Å². The third kappa shape index (κ3) is 2.89. The van der Waals surface area contributed by atoms with Crippen molar-refractivity contribution in [1.82, 2.24) is 19.7 Å². The van der Waals surface area contributed by atoms with Gasteiger partial charge in [-0.1, -0.05) is 6.07 Å². The van der Waals surface area contributed by atoms with Crippen LogP contribution in [0, 0.1) is 0 Å². The molecule has 5 nitrogen and oxygen atoms in total. The van der Waals surface area contributed by atoms with Crippen molar-refractivity contribution in [3.05, 3.63) is 48.0 Å². The van der Waals surface area contributed by atoms with Crippen molar-refractivity contribution in [3.8, 4) is 0 Å². The van der Waals surface area contributed by atoms with E-state index in [9.17, 15) is 5.11 Å². The molecule has 3 rings (SSSR count). The molecule has 1 fully saturated rings. The molecule has 1 aliphatic rings. The normalized spacial score (nSPS) is 23.3. The molecule has 0 radical (unpaired) electrons. The Labute approximate surface area is 118 Å². The molecule has 0 saturated carbocycles. The van der Waals surface area contributed by atoms with E-state index >= 15 is 0 Å². The van der Waals surface area contributed by atoms with E-state index in [0.717, 1.165) is 25.9 Å². The minimum atomic E-state index is -0.258. The summed E-state index contributed by atoms with van der Waals surface area (Å²) >= 11 is 0. The van der Waals surface area contributed by atoms with Crippen LogP contribution in [0.2, 0.25) is 0 Å². The first-order valence-corrected chi connectivity index (χ1v) is 7.01. The summed E-state index contributed by atoms with van der Waals surface area (Å²) in [4.78, 5) is 6.50. The maximum absolute atomic E-state index is 10.2. The molecule has 2 aromatic heterocycles. The van der Waals surface area contributed by atoms with Crippen LogP contribution in [0.4, 0.5) is 0 Å². The summed E-state index contributed by atoms with van der Waals surface area (Å²) < 4.78 is 1.81. The molecule has 0 spiro atoms. The Balaban J connectivity index is 1.70. The van der Waals surface area contributed by atoms with Crippen LogP contribution in [0.1, 0.15) is 17.5 Å². The molecule has 1 aliphatic heterocycles. The summed E-state index contributed by atoms with van der Waals surface area (Å²) in [5.41, 5.74) is 2.37. The van der Waals surface area contributed by atoms with Gasteiger partial charge in [0, 0.05) is 44.8 Å². The second kappa shape index (κ2) is 5.73. The lowest BCUT2D eigenvalue weighted by atomic mass is 10.0. The van der Waals surface area contributed by atoms with Gasteiger partial charge in [0.2, 0.25) is 0 Å². The summed E-state index contributed by atoms with van der Waals surface area (Å²) in [5.74, 6) is 0. The topological polar surface area (TPSA) is 54.2 Å². The number of likely N-dealkylation sites (tertiary alicyclic amines) is 1. The van der Waals surface area contributed by atoms with Crippen LogP contribution in [0.15, 0.2) is 36.9 Å². The molecule has 20 heavy (non-hydrogen) atoms. The fourth-order valence-electron chi connectivity index (χ4n) is 2.91.